The van der Waals surface area contributed by atoms with Crippen LogP contribution in [0.4, 0.5) is 5.69 Å². The molecule has 0 aromatic heterocycles. The van der Waals surface area contributed by atoms with Gasteiger partial charge in [0.15, 0.2) is 0 Å². The van der Waals surface area contributed by atoms with Gasteiger partial charge in [0.05, 0.1) is 10.7 Å². The molecule has 1 aliphatic rings. The van der Waals surface area contributed by atoms with Crippen molar-refractivity contribution in [2.24, 2.45) is 17.6 Å². The summed E-state index contributed by atoms with van der Waals surface area (Å²) in [5.41, 5.74) is 8.41. The molecule has 2 N–H and O–H groups in total. The van der Waals surface area contributed by atoms with Gasteiger partial charge in [-0.3, -0.25) is 0 Å². The second kappa shape index (κ2) is 5.50. The van der Waals surface area contributed by atoms with Crippen LogP contribution in [0.25, 0.3) is 0 Å². The van der Waals surface area contributed by atoms with Gasteiger partial charge in [0.2, 0.25) is 0 Å². The Kier molecular flexibility index (Phi) is 4.18. The van der Waals surface area contributed by atoms with E-state index >= 15 is 0 Å². The van der Waals surface area contributed by atoms with Gasteiger partial charge in [-0.25, -0.2) is 0 Å². The first kappa shape index (κ1) is 13.7. The lowest BCUT2D eigenvalue weighted by Crippen LogP contribution is -2.24. The topological polar surface area (TPSA) is 29.3 Å². The second-order valence-electron chi connectivity index (χ2n) is 5.79. The summed E-state index contributed by atoms with van der Waals surface area (Å²) in [6.45, 7) is 8.85. The van der Waals surface area contributed by atoms with Crippen molar-refractivity contribution in [1.82, 2.24) is 0 Å². The molecule has 1 aromatic rings. The molecule has 0 saturated carbocycles. The van der Waals surface area contributed by atoms with Crippen LogP contribution < -0.4 is 10.6 Å². The minimum Gasteiger partial charge on any atom is -0.370 e. The zero-order valence-electron chi connectivity index (χ0n) is 11.5. The van der Waals surface area contributed by atoms with Crippen LogP contribution in [-0.4, -0.2) is 19.1 Å². The number of nitrogens with two attached hydrogens (primary N) is 1. The molecule has 18 heavy (non-hydrogen) atoms. The van der Waals surface area contributed by atoms with Crippen molar-refractivity contribution < 1.29 is 0 Å². The molecule has 1 aromatic carbocycles. The number of para-hydroxylation sites is 1. The molecule has 1 fully saturated rings. The molecule has 3 unspecified atom stereocenters. The summed E-state index contributed by atoms with van der Waals surface area (Å²) in [5.74, 6) is 1.45. The first-order valence-corrected chi connectivity index (χ1v) is 7.14. The van der Waals surface area contributed by atoms with Gasteiger partial charge < -0.3 is 10.6 Å². The molecule has 2 nitrogen and oxygen atoms in total. The number of benzene rings is 1. The van der Waals surface area contributed by atoms with E-state index in [9.17, 15) is 0 Å². The molecule has 0 aliphatic carbocycles. The predicted octanol–water partition coefficient (Wildman–Crippen LogP) is 3.32. The molecule has 0 amide bonds. The Balaban J connectivity index is 2.31. The fourth-order valence-electron chi connectivity index (χ4n) is 2.74. The zero-order valence-corrected chi connectivity index (χ0v) is 12.2. The Labute approximate surface area is 115 Å². The van der Waals surface area contributed by atoms with E-state index in [1.54, 1.807) is 0 Å². The van der Waals surface area contributed by atoms with E-state index < -0.39 is 0 Å². The van der Waals surface area contributed by atoms with Crippen molar-refractivity contribution in [1.29, 1.82) is 0 Å². The van der Waals surface area contributed by atoms with Gasteiger partial charge in [-0.1, -0.05) is 37.6 Å². The maximum Gasteiger partial charge on any atom is 0.0642 e. The maximum atomic E-state index is 6.41. The third-order valence-corrected chi connectivity index (χ3v) is 4.22. The van der Waals surface area contributed by atoms with Crippen LogP contribution in [0.15, 0.2) is 18.2 Å². The van der Waals surface area contributed by atoms with Crippen molar-refractivity contribution >= 4 is 17.3 Å². The van der Waals surface area contributed by atoms with Gasteiger partial charge >= 0.3 is 0 Å². The zero-order chi connectivity index (χ0) is 13.3. The Morgan fingerprint density at radius 3 is 2.50 bits per heavy atom. The molecular formula is C15H23ClN2. The third-order valence-electron chi connectivity index (χ3n) is 3.92. The molecule has 0 spiro atoms. The predicted molar refractivity (Wildman–Crippen MR) is 79.3 cm³/mol. The molecule has 1 aliphatic heterocycles. The van der Waals surface area contributed by atoms with Gasteiger partial charge in [-0.15, -0.1) is 0 Å². The Hall–Kier alpha value is -0.730. The lowest BCUT2D eigenvalue weighted by Gasteiger charge is -2.24. The number of hydrogen-bond acceptors (Lipinski definition) is 2. The summed E-state index contributed by atoms with van der Waals surface area (Å²) in [4.78, 5) is 2.43. The van der Waals surface area contributed by atoms with Crippen LogP contribution in [0.1, 0.15) is 26.3 Å². The van der Waals surface area contributed by atoms with Crippen LogP contribution in [0.2, 0.25) is 5.02 Å². The monoisotopic (exact) mass is 266 g/mol. The van der Waals surface area contributed by atoms with Crippen molar-refractivity contribution in [2.75, 3.05) is 18.0 Å². The van der Waals surface area contributed by atoms with Crippen molar-refractivity contribution in [3.8, 4) is 0 Å². The lowest BCUT2D eigenvalue weighted by atomic mass is 10.0. The number of hydrogen-bond donors (Lipinski definition) is 1. The van der Waals surface area contributed by atoms with Gasteiger partial charge in [-0.2, -0.15) is 0 Å². The van der Waals surface area contributed by atoms with Crippen molar-refractivity contribution in [3.63, 3.8) is 0 Å². The van der Waals surface area contributed by atoms with Crippen LogP contribution in [0, 0.1) is 11.8 Å². The number of rotatable bonds is 3. The van der Waals surface area contributed by atoms with E-state index in [0.717, 1.165) is 36.4 Å². The van der Waals surface area contributed by atoms with Gasteiger partial charge in [0, 0.05) is 19.1 Å². The Morgan fingerprint density at radius 2 is 1.94 bits per heavy atom. The van der Waals surface area contributed by atoms with Gasteiger partial charge in [-0.05, 0) is 36.8 Å². The van der Waals surface area contributed by atoms with E-state index in [4.69, 9.17) is 17.3 Å². The van der Waals surface area contributed by atoms with Crippen molar-refractivity contribution in [2.45, 2.75) is 33.2 Å². The average Bonchev–Trinajstić information content (AvgIpc) is 2.58. The largest absolute Gasteiger partial charge is 0.370 e. The number of anilines is 1. The average molecular weight is 267 g/mol. The smallest absolute Gasteiger partial charge is 0.0642 e. The quantitative estimate of drug-likeness (QED) is 0.909. The summed E-state index contributed by atoms with van der Waals surface area (Å²) in [5, 5.41) is 0.856. The Morgan fingerprint density at radius 1 is 1.33 bits per heavy atom. The SMILES string of the molecule is CC(N)Cc1cccc(Cl)c1N1CC(C)C(C)C1. The molecule has 1 heterocycles. The van der Waals surface area contributed by atoms with Crippen LogP contribution in [0.3, 0.4) is 0 Å². The van der Waals surface area contributed by atoms with Crippen LogP contribution >= 0.6 is 11.6 Å². The summed E-state index contributed by atoms with van der Waals surface area (Å²) in [6, 6.07) is 6.32. The van der Waals surface area contributed by atoms with Gasteiger partial charge in [0.1, 0.15) is 0 Å². The lowest BCUT2D eigenvalue weighted by molar-refractivity contribution is 0.494. The molecule has 3 atom stereocenters. The molecule has 2 rings (SSSR count). The molecule has 1 saturated heterocycles. The van der Waals surface area contributed by atoms with E-state index in [1.807, 2.05) is 19.1 Å². The standard InChI is InChI=1S/C15H23ClN2/c1-10-8-18(9-11(10)2)15-13(7-12(3)17)5-4-6-14(15)16/h4-6,10-12H,7-9,17H2,1-3H3. The third kappa shape index (κ3) is 2.81. The first-order chi connectivity index (χ1) is 8.49. The Bertz CT molecular complexity index is 407. The fraction of sp³-hybridized carbons (Fsp3) is 0.600. The number of halogens is 1. The van der Waals surface area contributed by atoms with E-state index in [1.165, 1.54) is 11.3 Å². The molecule has 3 heteroatoms. The van der Waals surface area contributed by atoms with Gasteiger partial charge in [0.25, 0.3) is 0 Å². The summed E-state index contributed by atoms with van der Waals surface area (Å²) in [7, 11) is 0. The first-order valence-electron chi connectivity index (χ1n) is 6.77. The minimum atomic E-state index is 0.166. The van der Waals surface area contributed by atoms with E-state index in [-0.39, 0.29) is 6.04 Å². The summed E-state index contributed by atoms with van der Waals surface area (Å²) >= 11 is 6.41. The maximum absolute atomic E-state index is 6.41. The second-order valence-corrected chi connectivity index (χ2v) is 6.20. The molecular weight excluding hydrogens is 244 g/mol. The van der Waals surface area contributed by atoms with E-state index in [0.29, 0.717) is 0 Å². The fourth-order valence-corrected chi connectivity index (χ4v) is 3.05. The minimum absolute atomic E-state index is 0.166. The molecule has 0 radical (unpaired) electrons. The normalized spacial score (nSPS) is 25.5. The highest BCUT2D eigenvalue weighted by molar-refractivity contribution is 6.33. The van der Waals surface area contributed by atoms with Crippen LogP contribution in [-0.2, 0) is 6.42 Å². The highest BCUT2D eigenvalue weighted by Gasteiger charge is 2.28. The van der Waals surface area contributed by atoms with E-state index in [2.05, 4.69) is 24.8 Å². The highest BCUT2D eigenvalue weighted by atomic mass is 35.5. The van der Waals surface area contributed by atoms with Crippen LogP contribution in [0.5, 0.6) is 0 Å². The summed E-state index contributed by atoms with van der Waals surface area (Å²) in [6.07, 6.45) is 0.884. The molecule has 0 bridgehead atoms. The van der Waals surface area contributed by atoms with Crippen molar-refractivity contribution in [3.05, 3.63) is 28.8 Å². The molecule has 100 valence electrons. The summed E-state index contributed by atoms with van der Waals surface area (Å²) < 4.78 is 0. The highest BCUT2D eigenvalue weighted by Crippen LogP contribution is 2.35. The number of nitrogens with zero attached hydrogens (tertiary/aromatic N) is 1.